The zero-order valence-corrected chi connectivity index (χ0v) is 12.9. The lowest BCUT2D eigenvalue weighted by molar-refractivity contribution is 0.0912. The molecule has 1 unspecified atom stereocenters. The fraction of sp³-hybridized carbons (Fsp3) is 0.562. The van der Waals surface area contributed by atoms with Crippen molar-refractivity contribution >= 4 is 5.78 Å². The maximum absolute atomic E-state index is 12.7. The Balaban J connectivity index is 3.33. The van der Waals surface area contributed by atoms with E-state index >= 15 is 0 Å². The third kappa shape index (κ3) is 3.16. The van der Waals surface area contributed by atoms with Gasteiger partial charge in [-0.3, -0.25) is 4.79 Å². The van der Waals surface area contributed by atoms with Crippen LogP contribution in [0.25, 0.3) is 0 Å². The fourth-order valence-corrected chi connectivity index (χ4v) is 2.49. The number of hydrogen-bond acceptors (Lipinski definition) is 3. The van der Waals surface area contributed by atoms with Crippen LogP contribution in [0, 0.1) is 26.7 Å². The summed E-state index contributed by atoms with van der Waals surface area (Å²) >= 11 is 0. The number of rotatable bonds is 6. The molecule has 0 heterocycles. The molecule has 0 aliphatic rings. The van der Waals surface area contributed by atoms with Gasteiger partial charge in [-0.05, 0) is 50.9 Å². The van der Waals surface area contributed by atoms with Gasteiger partial charge in [0.15, 0.2) is 5.78 Å². The van der Waals surface area contributed by atoms with Crippen molar-refractivity contribution in [1.82, 2.24) is 5.32 Å². The molecule has 0 saturated heterocycles. The Morgan fingerprint density at radius 3 is 2.42 bits per heavy atom. The van der Waals surface area contributed by atoms with E-state index in [0.717, 1.165) is 34.4 Å². The largest absolute Gasteiger partial charge is 0.496 e. The number of ketones is 1. The highest BCUT2D eigenvalue weighted by Crippen LogP contribution is 2.31. The van der Waals surface area contributed by atoms with Crippen LogP contribution in [0.1, 0.15) is 40.4 Å². The van der Waals surface area contributed by atoms with E-state index in [2.05, 4.69) is 11.4 Å². The molecule has 1 atom stereocenters. The summed E-state index contributed by atoms with van der Waals surface area (Å²) in [5, 5.41) is 3.09. The van der Waals surface area contributed by atoms with Crippen LogP contribution in [0.4, 0.5) is 0 Å². The molecule has 0 saturated carbocycles. The summed E-state index contributed by atoms with van der Waals surface area (Å²) in [5.41, 5.74) is 3.95. The molecule has 19 heavy (non-hydrogen) atoms. The van der Waals surface area contributed by atoms with Crippen molar-refractivity contribution in [2.45, 2.75) is 34.1 Å². The molecule has 0 fully saturated rings. The first-order valence-corrected chi connectivity index (χ1v) is 6.81. The van der Waals surface area contributed by atoms with Gasteiger partial charge in [0.25, 0.3) is 0 Å². The summed E-state index contributed by atoms with van der Waals surface area (Å²) in [5.74, 6) is 0.908. The van der Waals surface area contributed by atoms with Gasteiger partial charge in [-0.15, -0.1) is 0 Å². The maximum Gasteiger partial charge on any atom is 0.171 e. The summed E-state index contributed by atoms with van der Waals surface area (Å²) in [4.78, 5) is 12.7. The van der Waals surface area contributed by atoms with Crippen molar-refractivity contribution in [2.75, 3.05) is 20.7 Å². The molecule has 1 N–H and O–H groups in total. The molecule has 0 aromatic heterocycles. The van der Waals surface area contributed by atoms with Crippen LogP contribution in [0.2, 0.25) is 0 Å². The van der Waals surface area contributed by atoms with Crippen molar-refractivity contribution in [2.24, 2.45) is 5.92 Å². The molecule has 0 amide bonds. The van der Waals surface area contributed by atoms with E-state index in [4.69, 9.17) is 4.74 Å². The van der Waals surface area contributed by atoms with E-state index < -0.39 is 0 Å². The van der Waals surface area contributed by atoms with Crippen molar-refractivity contribution in [3.05, 3.63) is 28.3 Å². The Kier molecular flexibility index (Phi) is 5.55. The lowest BCUT2D eigenvalue weighted by Gasteiger charge is -2.19. The van der Waals surface area contributed by atoms with Crippen LogP contribution < -0.4 is 10.1 Å². The smallest absolute Gasteiger partial charge is 0.171 e. The van der Waals surface area contributed by atoms with Crippen LogP contribution in [-0.2, 0) is 0 Å². The maximum atomic E-state index is 12.7. The molecule has 3 nitrogen and oxygen atoms in total. The molecular formula is C16H25NO2. The predicted octanol–water partition coefficient (Wildman–Crippen LogP) is 3.05. The molecule has 106 valence electrons. The van der Waals surface area contributed by atoms with Gasteiger partial charge in [-0.1, -0.05) is 13.0 Å². The number of Topliss-reactive ketones (excluding diaryl/α,β-unsaturated/α-hetero) is 1. The third-order valence-corrected chi connectivity index (χ3v) is 3.75. The topological polar surface area (TPSA) is 38.3 Å². The van der Waals surface area contributed by atoms with Crippen molar-refractivity contribution in [1.29, 1.82) is 0 Å². The first-order valence-electron chi connectivity index (χ1n) is 6.81. The average Bonchev–Trinajstić information content (AvgIpc) is 2.39. The third-order valence-electron chi connectivity index (χ3n) is 3.75. The minimum absolute atomic E-state index is 0.000272. The van der Waals surface area contributed by atoms with Gasteiger partial charge in [0, 0.05) is 12.5 Å². The Morgan fingerprint density at radius 2 is 1.95 bits per heavy atom. The SMILES string of the molecule is CCC(CNC)C(=O)c1c(C)cc(C)c(C)c1OC. The molecular weight excluding hydrogens is 238 g/mol. The molecule has 0 spiro atoms. The predicted molar refractivity (Wildman–Crippen MR) is 79.2 cm³/mol. The highest BCUT2D eigenvalue weighted by atomic mass is 16.5. The van der Waals surface area contributed by atoms with E-state index in [-0.39, 0.29) is 11.7 Å². The minimum atomic E-state index is -0.000272. The average molecular weight is 263 g/mol. The lowest BCUT2D eigenvalue weighted by atomic mass is 9.89. The zero-order valence-electron chi connectivity index (χ0n) is 12.9. The van der Waals surface area contributed by atoms with Gasteiger partial charge in [0.1, 0.15) is 5.75 Å². The minimum Gasteiger partial charge on any atom is -0.496 e. The molecule has 0 aliphatic heterocycles. The van der Waals surface area contributed by atoms with E-state index in [9.17, 15) is 4.79 Å². The summed E-state index contributed by atoms with van der Waals surface area (Å²) < 4.78 is 5.49. The normalized spacial score (nSPS) is 12.3. The second-order valence-corrected chi connectivity index (χ2v) is 5.07. The van der Waals surface area contributed by atoms with Crippen molar-refractivity contribution in [3.8, 4) is 5.75 Å². The number of ether oxygens (including phenoxy) is 1. The number of hydrogen-bond donors (Lipinski definition) is 1. The van der Waals surface area contributed by atoms with E-state index in [1.165, 1.54) is 0 Å². The first kappa shape index (κ1) is 15.7. The summed E-state index contributed by atoms with van der Waals surface area (Å²) in [6.45, 7) is 8.77. The standard InChI is InChI=1S/C16H25NO2/c1-7-13(9-17-5)15(18)14-11(3)8-10(2)12(4)16(14)19-6/h8,13,17H,7,9H2,1-6H3. The van der Waals surface area contributed by atoms with Crippen molar-refractivity contribution in [3.63, 3.8) is 0 Å². The number of nitrogens with one attached hydrogen (secondary N) is 1. The number of benzene rings is 1. The van der Waals surface area contributed by atoms with Gasteiger partial charge >= 0.3 is 0 Å². The van der Waals surface area contributed by atoms with Crippen LogP contribution >= 0.6 is 0 Å². The van der Waals surface area contributed by atoms with Crippen LogP contribution in [-0.4, -0.2) is 26.5 Å². The molecule has 0 radical (unpaired) electrons. The van der Waals surface area contributed by atoms with Crippen LogP contribution in [0.5, 0.6) is 5.75 Å². The fourth-order valence-electron chi connectivity index (χ4n) is 2.49. The molecule has 1 aromatic carbocycles. The Bertz CT molecular complexity index is 466. The van der Waals surface area contributed by atoms with Crippen molar-refractivity contribution < 1.29 is 9.53 Å². The monoisotopic (exact) mass is 263 g/mol. The highest BCUT2D eigenvalue weighted by molar-refractivity contribution is 6.02. The summed E-state index contributed by atoms with van der Waals surface area (Å²) in [6.07, 6.45) is 0.829. The van der Waals surface area contributed by atoms with Crippen LogP contribution in [0.3, 0.4) is 0 Å². The van der Waals surface area contributed by atoms with E-state index in [0.29, 0.717) is 6.54 Å². The van der Waals surface area contributed by atoms with Gasteiger partial charge in [0.2, 0.25) is 0 Å². The molecule has 0 aliphatic carbocycles. The number of methoxy groups -OCH3 is 1. The number of carbonyl (C=O) groups excluding carboxylic acids is 1. The second-order valence-electron chi connectivity index (χ2n) is 5.07. The molecule has 1 rings (SSSR count). The van der Waals surface area contributed by atoms with Crippen LogP contribution in [0.15, 0.2) is 6.07 Å². The van der Waals surface area contributed by atoms with Gasteiger partial charge in [-0.25, -0.2) is 0 Å². The van der Waals surface area contributed by atoms with E-state index in [1.807, 2.05) is 34.7 Å². The van der Waals surface area contributed by atoms with E-state index in [1.54, 1.807) is 7.11 Å². The quantitative estimate of drug-likeness (QED) is 0.802. The second kappa shape index (κ2) is 6.71. The Hall–Kier alpha value is -1.35. The Morgan fingerprint density at radius 1 is 1.32 bits per heavy atom. The molecule has 3 heteroatoms. The van der Waals surface area contributed by atoms with Gasteiger partial charge in [0.05, 0.1) is 12.7 Å². The molecule has 0 bridgehead atoms. The number of aryl methyl sites for hydroxylation is 2. The van der Waals surface area contributed by atoms with Gasteiger partial charge in [-0.2, -0.15) is 0 Å². The highest BCUT2D eigenvalue weighted by Gasteiger charge is 2.24. The first-order chi connectivity index (χ1) is 8.97. The number of carbonyl (C=O) groups is 1. The summed E-state index contributed by atoms with van der Waals surface area (Å²) in [7, 11) is 3.51. The van der Waals surface area contributed by atoms with Gasteiger partial charge < -0.3 is 10.1 Å². The Labute approximate surface area is 116 Å². The lowest BCUT2D eigenvalue weighted by Crippen LogP contribution is -2.27. The zero-order chi connectivity index (χ0) is 14.6. The molecule has 1 aromatic rings. The summed E-state index contributed by atoms with van der Waals surface area (Å²) in [6, 6.07) is 2.07.